The molecule has 2 aliphatic rings. The van der Waals surface area contributed by atoms with Crippen LogP contribution >= 0.6 is 0 Å². The van der Waals surface area contributed by atoms with Crippen LogP contribution in [0.25, 0.3) is 0 Å². The van der Waals surface area contributed by atoms with Crippen LogP contribution in [0, 0.1) is 6.92 Å². The monoisotopic (exact) mass is 378 g/mol. The van der Waals surface area contributed by atoms with Crippen molar-refractivity contribution in [1.82, 2.24) is 9.80 Å². The molecule has 1 unspecified atom stereocenters. The van der Waals surface area contributed by atoms with Gasteiger partial charge in [-0.2, -0.15) is 0 Å². The van der Waals surface area contributed by atoms with E-state index in [1.54, 1.807) is 0 Å². The first-order valence-corrected chi connectivity index (χ1v) is 9.85. The molecule has 2 aliphatic heterocycles. The number of carbonyl (C=O) groups is 2. The lowest BCUT2D eigenvalue weighted by atomic mass is 9.94. The lowest BCUT2D eigenvalue weighted by molar-refractivity contribution is -0.137. The molecule has 0 aliphatic carbocycles. The van der Waals surface area contributed by atoms with E-state index in [1.807, 2.05) is 71.3 Å². The molecule has 4 rings (SSSR count). The van der Waals surface area contributed by atoms with E-state index in [2.05, 4.69) is 0 Å². The fourth-order valence-electron chi connectivity index (χ4n) is 4.24. The lowest BCUT2D eigenvalue weighted by Crippen LogP contribution is -2.56. The number of carbonyl (C=O) groups excluding carboxylic acids is 2. The number of benzene rings is 2. The molecule has 0 saturated carbocycles. The van der Waals surface area contributed by atoms with Crippen molar-refractivity contribution in [2.24, 2.45) is 0 Å². The van der Waals surface area contributed by atoms with E-state index in [-0.39, 0.29) is 11.8 Å². The average molecular weight is 378 g/mol. The van der Waals surface area contributed by atoms with Gasteiger partial charge in [0.15, 0.2) is 0 Å². The van der Waals surface area contributed by atoms with Crippen molar-refractivity contribution < 1.29 is 14.3 Å². The molecule has 2 aromatic rings. The molecule has 2 heterocycles. The number of hydrogen-bond donors (Lipinski definition) is 0. The number of aryl methyl sites for hydroxylation is 1. The van der Waals surface area contributed by atoms with E-state index >= 15 is 0 Å². The van der Waals surface area contributed by atoms with Gasteiger partial charge in [-0.05, 0) is 31.0 Å². The topological polar surface area (TPSA) is 49.9 Å². The summed E-state index contributed by atoms with van der Waals surface area (Å²) in [5.41, 5.74) is 2.38. The highest BCUT2D eigenvalue weighted by atomic mass is 16.5. The van der Waals surface area contributed by atoms with Crippen LogP contribution in [0.3, 0.4) is 0 Å². The van der Waals surface area contributed by atoms with Crippen LogP contribution in [0.4, 0.5) is 0 Å². The first-order valence-electron chi connectivity index (χ1n) is 9.85. The summed E-state index contributed by atoms with van der Waals surface area (Å²) in [5.74, 6) is 0.0817. The Bertz CT molecular complexity index is 859. The van der Waals surface area contributed by atoms with E-state index in [1.165, 1.54) is 0 Å². The smallest absolute Gasteiger partial charge is 0.253 e. The molecule has 28 heavy (non-hydrogen) atoms. The van der Waals surface area contributed by atoms with Crippen LogP contribution in [-0.2, 0) is 16.1 Å². The van der Waals surface area contributed by atoms with Gasteiger partial charge >= 0.3 is 0 Å². The molecular weight excluding hydrogens is 352 g/mol. The molecule has 2 aromatic carbocycles. The zero-order chi connectivity index (χ0) is 19.6. The molecule has 146 valence electrons. The zero-order valence-electron chi connectivity index (χ0n) is 16.3. The number of hydrogen-bond acceptors (Lipinski definition) is 3. The maximum atomic E-state index is 13.2. The van der Waals surface area contributed by atoms with Crippen LogP contribution < -0.4 is 0 Å². The molecular formula is C23H26N2O3. The van der Waals surface area contributed by atoms with Crippen molar-refractivity contribution in [3.63, 3.8) is 0 Å². The Morgan fingerprint density at radius 1 is 1.14 bits per heavy atom. The average Bonchev–Trinajstić information content (AvgIpc) is 3.13. The minimum absolute atomic E-state index is 0.00987. The summed E-state index contributed by atoms with van der Waals surface area (Å²) in [6.07, 6.45) is 1.09. The van der Waals surface area contributed by atoms with Crippen LogP contribution in [0.5, 0.6) is 0 Å². The summed E-state index contributed by atoms with van der Waals surface area (Å²) in [6, 6.07) is 17.7. The lowest BCUT2D eigenvalue weighted by Gasteiger charge is -2.40. The first kappa shape index (κ1) is 18.7. The zero-order valence-corrected chi connectivity index (χ0v) is 16.3. The third kappa shape index (κ3) is 3.67. The Hall–Kier alpha value is -2.66. The number of ether oxygens (including phenoxy) is 1. The number of amides is 2. The van der Waals surface area contributed by atoms with Crippen molar-refractivity contribution in [1.29, 1.82) is 0 Å². The van der Waals surface area contributed by atoms with Crippen molar-refractivity contribution in [2.75, 3.05) is 26.3 Å². The van der Waals surface area contributed by atoms with Crippen molar-refractivity contribution in [3.05, 3.63) is 71.3 Å². The summed E-state index contributed by atoms with van der Waals surface area (Å²) < 4.78 is 5.73. The molecule has 2 amide bonds. The van der Waals surface area contributed by atoms with Gasteiger partial charge in [0.25, 0.3) is 5.91 Å². The van der Waals surface area contributed by atoms with Gasteiger partial charge in [0, 0.05) is 38.2 Å². The van der Waals surface area contributed by atoms with Gasteiger partial charge in [-0.3, -0.25) is 9.59 Å². The van der Waals surface area contributed by atoms with Gasteiger partial charge in [0.05, 0.1) is 12.1 Å². The molecule has 1 spiro atoms. The number of nitrogens with zero attached hydrogens (tertiary/aromatic N) is 2. The summed E-state index contributed by atoms with van der Waals surface area (Å²) in [4.78, 5) is 30.0. The third-order valence-corrected chi connectivity index (χ3v) is 5.77. The van der Waals surface area contributed by atoms with Gasteiger partial charge in [0.1, 0.15) is 0 Å². The number of rotatable bonds is 3. The van der Waals surface area contributed by atoms with E-state index < -0.39 is 5.54 Å². The standard InChI is InChI=1S/C23H26N2O3/c1-18-6-5-9-20(14-18)22(27)24-12-10-21(26)25(15-19-7-3-2-4-8-19)23(16-24)11-13-28-17-23/h2-9,14H,10-13,15-17H2,1H3. The molecule has 0 radical (unpaired) electrons. The fourth-order valence-corrected chi connectivity index (χ4v) is 4.24. The van der Waals surface area contributed by atoms with E-state index in [4.69, 9.17) is 4.74 Å². The summed E-state index contributed by atoms with van der Waals surface area (Å²) >= 11 is 0. The van der Waals surface area contributed by atoms with Gasteiger partial charge in [0.2, 0.25) is 5.91 Å². The van der Waals surface area contributed by atoms with Crippen molar-refractivity contribution in [2.45, 2.75) is 31.8 Å². The van der Waals surface area contributed by atoms with Crippen molar-refractivity contribution in [3.8, 4) is 0 Å². The predicted molar refractivity (Wildman–Crippen MR) is 107 cm³/mol. The van der Waals surface area contributed by atoms with E-state index in [0.717, 1.165) is 17.5 Å². The van der Waals surface area contributed by atoms with Crippen LogP contribution in [0.1, 0.15) is 34.3 Å². The maximum Gasteiger partial charge on any atom is 0.253 e. The Labute approximate surface area is 165 Å². The summed E-state index contributed by atoms with van der Waals surface area (Å²) in [6.45, 7) is 4.58. The normalized spacial score (nSPS) is 22.5. The van der Waals surface area contributed by atoms with Gasteiger partial charge in [-0.15, -0.1) is 0 Å². The second-order valence-electron chi connectivity index (χ2n) is 7.84. The Kier molecular flexibility index (Phi) is 5.18. The third-order valence-electron chi connectivity index (χ3n) is 5.77. The Morgan fingerprint density at radius 3 is 2.68 bits per heavy atom. The fraction of sp³-hybridized carbons (Fsp3) is 0.391. The Morgan fingerprint density at radius 2 is 1.96 bits per heavy atom. The molecule has 2 fully saturated rings. The van der Waals surface area contributed by atoms with E-state index in [9.17, 15) is 9.59 Å². The van der Waals surface area contributed by atoms with E-state index in [0.29, 0.717) is 44.8 Å². The predicted octanol–water partition coefficient (Wildman–Crippen LogP) is 3.03. The van der Waals surface area contributed by atoms with Crippen LogP contribution in [0.2, 0.25) is 0 Å². The highest BCUT2D eigenvalue weighted by Gasteiger charge is 2.47. The van der Waals surface area contributed by atoms with Gasteiger partial charge in [-0.25, -0.2) is 0 Å². The molecule has 5 heteroatoms. The molecule has 0 aromatic heterocycles. The van der Waals surface area contributed by atoms with Gasteiger partial charge < -0.3 is 14.5 Å². The minimum atomic E-state index is -0.455. The summed E-state index contributed by atoms with van der Waals surface area (Å²) in [7, 11) is 0. The molecule has 5 nitrogen and oxygen atoms in total. The van der Waals surface area contributed by atoms with Gasteiger partial charge in [-0.1, -0.05) is 48.0 Å². The van der Waals surface area contributed by atoms with Crippen LogP contribution in [-0.4, -0.2) is 53.5 Å². The summed E-state index contributed by atoms with van der Waals surface area (Å²) in [5, 5.41) is 0. The van der Waals surface area contributed by atoms with Crippen LogP contribution in [0.15, 0.2) is 54.6 Å². The molecule has 0 bridgehead atoms. The quantitative estimate of drug-likeness (QED) is 0.825. The second-order valence-corrected chi connectivity index (χ2v) is 7.84. The molecule has 0 N–H and O–H groups in total. The highest BCUT2D eigenvalue weighted by Crippen LogP contribution is 2.32. The maximum absolute atomic E-state index is 13.2. The molecule has 2 saturated heterocycles. The molecule has 1 atom stereocenters. The second kappa shape index (κ2) is 7.76. The first-order chi connectivity index (χ1) is 13.6. The minimum Gasteiger partial charge on any atom is -0.379 e. The highest BCUT2D eigenvalue weighted by molar-refractivity contribution is 5.95. The SMILES string of the molecule is Cc1cccc(C(=O)N2CCC(=O)N(Cc3ccccc3)C3(CCOC3)C2)c1. The Balaban J connectivity index is 1.62. The largest absolute Gasteiger partial charge is 0.379 e. The van der Waals surface area contributed by atoms with Crippen molar-refractivity contribution >= 4 is 11.8 Å².